The van der Waals surface area contributed by atoms with E-state index in [0.717, 1.165) is 29.1 Å². The van der Waals surface area contributed by atoms with Crippen LogP contribution in [0.5, 0.6) is 0 Å². The van der Waals surface area contributed by atoms with Crippen molar-refractivity contribution in [3.05, 3.63) is 71.4 Å². The predicted molar refractivity (Wildman–Crippen MR) is 107 cm³/mol. The molecule has 0 bridgehead atoms. The average molecular weight is 442 g/mol. The SMILES string of the molecule is CN1/C(=C\C=Nc2ccc(C(O)(C(F)(F)F)C(F)(F)F)cc2)C(C)(C)c2ccccc21. The highest BCUT2D eigenvalue weighted by atomic mass is 19.4. The number of fused-ring (bicyclic) bond motifs is 1. The number of likely N-dealkylation sites (N-methyl/N-ethyl adjacent to an activating group) is 1. The van der Waals surface area contributed by atoms with E-state index in [9.17, 15) is 31.4 Å². The van der Waals surface area contributed by atoms with Gasteiger partial charge < -0.3 is 10.0 Å². The van der Waals surface area contributed by atoms with Crippen molar-refractivity contribution in [1.82, 2.24) is 0 Å². The maximum absolute atomic E-state index is 13.0. The third-order valence-corrected chi connectivity index (χ3v) is 5.50. The Labute approximate surface area is 175 Å². The largest absolute Gasteiger partial charge is 0.430 e. The van der Waals surface area contributed by atoms with Crippen molar-refractivity contribution in [1.29, 1.82) is 0 Å². The molecule has 2 aromatic rings. The van der Waals surface area contributed by atoms with E-state index in [2.05, 4.69) is 4.99 Å². The molecule has 1 aliphatic heterocycles. The van der Waals surface area contributed by atoms with Crippen LogP contribution in [0.15, 0.2) is 65.3 Å². The van der Waals surface area contributed by atoms with Gasteiger partial charge >= 0.3 is 12.4 Å². The maximum Gasteiger partial charge on any atom is 0.430 e. The molecule has 166 valence electrons. The Morgan fingerprint density at radius 2 is 1.45 bits per heavy atom. The van der Waals surface area contributed by atoms with Gasteiger partial charge in [-0.2, -0.15) is 26.3 Å². The lowest BCUT2D eigenvalue weighted by Crippen LogP contribution is -2.53. The zero-order chi connectivity index (χ0) is 23.2. The molecule has 0 aromatic heterocycles. The van der Waals surface area contributed by atoms with Gasteiger partial charge in [0.1, 0.15) is 0 Å². The predicted octanol–water partition coefficient (Wildman–Crippen LogP) is 6.01. The van der Waals surface area contributed by atoms with Crippen molar-refractivity contribution in [2.75, 3.05) is 11.9 Å². The van der Waals surface area contributed by atoms with Crippen LogP contribution in [-0.2, 0) is 11.0 Å². The van der Waals surface area contributed by atoms with Gasteiger partial charge in [-0.3, -0.25) is 4.99 Å². The Morgan fingerprint density at radius 3 is 1.97 bits per heavy atom. The van der Waals surface area contributed by atoms with Crippen LogP contribution in [0, 0.1) is 0 Å². The minimum atomic E-state index is -5.92. The summed E-state index contributed by atoms with van der Waals surface area (Å²) < 4.78 is 77.8. The Kier molecular flexibility index (Phi) is 5.46. The number of para-hydroxylation sites is 1. The van der Waals surface area contributed by atoms with Gasteiger partial charge in [0.05, 0.1) is 5.69 Å². The van der Waals surface area contributed by atoms with Crippen LogP contribution in [0.1, 0.15) is 25.0 Å². The first kappa shape index (κ1) is 22.9. The molecule has 3 nitrogen and oxygen atoms in total. The highest BCUT2D eigenvalue weighted by molar-refractivity contribution is 5.80. The summed E-state index contributed by atoms with van der Waals surface area (Å²) in [6, 6.07) is 11.0. The van der Waals surface area contributed by atoms with Gasteiger partial charge in [-0.1, -0.05) is 44.2 Å². The van der Waals surface area contributed by atoms with Crippen LogP contribution < -0.4 is 4.90 Å². The fourth-order valence-corrected chi connectivity index (χ4v) is 3.77. The normalized spacial score (nSPS) is 18.1. The second-order valence-corrected chi connectivity index (χ2v) is 7.78. The second kappa shape index (κ2) is 7.40. The van der Waals surface area contributed by atoms with E-state index in [4.69, 9.17) is 0 Å². The molecular formula is C22H20F6N2O. The molecule has 0 atom stereocenters. The Morgan fingerprint density at radius 1 is 0.903 bits per heavy atom. The molecule has 31 heavy (non-hydrogen) atoms. The number of aliphatic imine (C=N–C) groups is 1. The smallest absolute Gasteiger partial charge is 0.369 e. The molecule has 0 saturated heterocycles. The summed E-state index contributed by atoms with van der Waals surface area (Å²) in [5.74, 6) is 0. The first-order valence-electron chi connectivity index (χ1n) is 9.25. The number of halogens is 6. The number of aliphatic hydroxyl groups is 1. The van der Waals surface area contributed by atoms with E-state index in [1.54, 1.807) is 6.08 Å². The number of hydrogen-bond acceptors (Lipinski definition) is 3. The van der Waals surface area contributed by atoms with E-state index >= 15 is 0 Å². The number of benzene rings is 2. The highest BCUT2D eigenvalue weighted by Crippen LogP contribution is 2.50. The number of anilines is 1. The quantitative estimate of drug-likeness (QED) is 0.467. The van der Waals surface area contributed by atoms with Crippen LogP contribution >= 0.6 is 0 Å². The van der Waals surface area contributed by atoms with Crippen molar-refractivity contribution in [3.63, 3.8) is 0 Å². The van der Waals surface area contributed by atoms with Gasteiger partial charge in [-0.15, -0.1) is 0 Å². The van der Waals surface area contributed by atoms with Crippen molar-refractivity contribution in [2.24, 2.45) is 4.99 Å². The maximum atomic E-state index is 13.0. The van der Waals surface area contributed by atoms with Crippen molar-refractivity contribution < 1.29 is 31.4 Å². The van der Waals surface area contributed by atoms with E-state index < -0.39 is 23.5 Å². The highest BCUT2D eigenvalue weighted by Gasteiger charge is 2.71. The summed E-state index contributed by atoms with van der Waals surface area (Å²) in [6.07, 6.45) is -8.66. The summed E-state index contributed by atoms with van der Waals surface area (Å²) in [6.45, 7) is 4.08. The van der Waals surface area contributed by atoms with Gasteiger partial charge in [0.15, 0.2) is 0 Å². The van der Waals surface area contributed by atoms with E-state index in [1.165, 1.54) is 6.21 Å². The molecule has 1 aliphatic rings. The van der Waals surface area contributed by atoms with Gasteiger partial charge in [0, 0.05) is 35.6 Å². The molecule has 0 radical (unpaired) electrons. The standard InChI is InChI=1S/C22H20F6N2O/c1-19(2)16-6-4-5-7-17(16)30(3)18(19)12-13-29-15-10-8-14(9-11-15)20(31,21(23,24)25)22(26,27)28/h4-13,31H,1-3H3/b18-12-,29-13?. The number of hydrogen-bond donors (Lipinski definition) is 1. The molecule has 0 aliphatic carbocycles. The monoisotopic (exact) mass is 442 g/mol. The molecule has 0 spiro atoms. The van der Waals surface area contributed by atoms with Crippen molar-refractivity contribution in [3.8, 4) is 0 Å². The van der Waals surface area contributed by atoms with E-state index in [0.29, 0.717) is 12.1 Å². The fraction of sp³-hybridized carbons (Fsp3) is 0.318. The number of allylic oxidation sites excluding steroid dienone is 2. The van der Waals surface area contributed by atoms with Gasteiger partial charge in [-0.25, -0.2) is 0 Å². The third-order valence-electron chi connectivity index (χ3n) is 5.50. The first-order valence-corrected chi connectivity index (χ1v) is 9.25. The summed E-state index contributed by atoms with van der Waals surface area (Å²) in [5, 5.41) is 9.44. The van der Waals surface area contributed by atoms with Crippen molar-refractivity contribution in [2.45, 2.75) is 37.2 Å². The number of rotatable bonds is 3. The molecule has 0 saturated carbocycles. The molecule has 1 N–H and O–H groups in total. The lowest BCUT2D eigenvalue weighted by molar-refractivity contribution is -0.376. The lowest BCUT2D eigenvalue weighted by Gasteiger charge is -2.32. The van der Waals surface area contributed by atoms with Crippen LogP contribution in [0.25, 0.3) is 0 Å². The minimum Gasteiger partial charge on any atom is -0.369 e. The fourth-order valence-electron chi connectivity index (χ4n) is 3.77. The Hall–Kier alpha value is -2.81. The number of nitrogens with zero attached hydrogens (tertiary/aromatic N) is 2. The van der Waals surface area contributed by atoms with Gasteiger partial charge in [0.25, 0.3) is 5.60 Å². The first-order chi connectivity index (χ1) is 14.2. The number of alkyl halides is 6. The molecule has 1 heterocycles. The minimum absolute atomic E-state index is 0.142. The Balaban J connectivity index is 1.87. The molecule has 0 unspecified atom stereocenters. The molecule has 0 fully saturated rings. The second-order valence-electron chi connectivity index (χ2n) is 7.78. The van der Waals surface area contributed by atoms with Crippen LogP contribution in [-0.4, -0.2) is 30.7 Å². The van der Waals surface area contributed by atoms with E-state index in [-0.39, 0.29) is 11.1 Å². The lowest BCUT2D eigenvalue weighted by atomic mass is 9.84. The van der Waals surface area contributed by atoms with Crippen LogP contribution in [0.2, 0.25) is 0 Å². The van der Waals surface area contributed by atoms with Crippen LogP contribution in [0.4, 0.5) is 37.7 Å². The van der Waals surface area contributed by atoms with Gasteiger partial charge in [-0.05, 0) is 29.8 Å². The Bertz CT molecular complexity index is 1010. The summed E-state index contributed by atoms with van der Waals surface area (Å²) in [7, 11) is 1.90. The molecule has 2 aromatic carbocycles. The zero-order valence-electron chi connectivity index (χ0n) is 16.9. The molecule has 3 rings (SSSR count). The molecular weight excluding hydrogens is 422 g/mol. The summed E-state index contributed by atoms with van der Waals surface area (Å²) >= 11 is 0. The van der Waals surface area contributed by atoms with Crippen molar-refractivity contribution >= 4 is 17.6 Å². The zero-order valence-corrected chi connectivity index (χ0v) is 16.9. The summed E-state index contributed by atoms with van der Waals surface area (Å²) in [5.41, 5.74) is -3.35. The molecule has 9 heteroatoms. The van der Waals surface area contributed by atoms with E-state index in [1.807, 2.05) is 50.1 Å². The van der Waals surface area contributed by atoms with Gasteiger partial charge in [0.2, 0.25) is 0 Å². The topological polar surface area (TPSA) is 35.8 Å². The molecule has 0 amide bonds. The van der Waals surface area contributed by atoms with Crippen LogP contribution in [0.3, 0.4) is 0 Å². The summed E-state index contributed by atoms with van der Waals surface area (Å²) in [4.78, 5) is 6.11. The third kappa shape index (κ3) is 3.71. The average Bonchev–Trinajstić information content (AvgIpc) is 2.87.